The predicted octanol–water partition coefficient (Wildman–Crippen LogP) is 4.35. The molecule has 222 valence electrons. The standard InChI is InChI=1S/C27H26F3N5O6S/c1-3-20(37)19(11-36)35-10-17(25(39)40)23(38)15-7-13(5-6-18(15)35)16-9-32-22(34-26(41)31-4-2)8-14(16)24-33-21(12-42-24)27(28,29)30/h5-10,12,19-20,36-37H,3-4,11H2,1-2H3,(H,39,40)(H2,31,32,34,41)/t19-,20-/m0/s1. The van der Waals surface area contributed by atoms with E-state index in [1.54, 1.807) is 19.9 Å². The number of pyridine rings is 2. The van der Waals surface area contributed by atoms with E-state index in [0.29, 0.717) is 12.1 Å². The van der Waals surface area contributed by atoms with Gasteiger partial charge in [0.25, 0.3) is 0 Å². The van der Waals surface area contributed by atoms with E-state index in [2.05, 4.69) is 20.6 Å². The van der Waals surface area contributed by atoms with Crippen molar-refractivity contribution in [2.24, 2.45) is 0 Å². The van der Waals surface area contributed by atoms with E-state index in [1.165, 1.54) is 29.0 Å². The van der Waals surface area contributed by atoms with Crippen molar-refractivity contribution in [1.29, 1.82) is 0 Å². The number of anilines is 1. The number of aliphatic hydroxyl groups is 2. The highest BCUT2D eigenvalue weighted by atomic mass is 32.1. The maximum atomic E-state index is 13.4. The molecule has 0 spiro atoms. The van der Waals surface area contributed by atoms with Gasteiger partial charge in [0.05, 0.1) is 24.3 Å². The van der Waals surface area contributed by atoms with Gasteiger partial charge < -0.3 is 25.2 Å². The number of nitrogens with one attached hydrogen (secondary N) is 2. The number of carbonyl (C=O) groups excluding carboxylic acids is 1. The molecule has 4 aromatic rings. The summed E-state index contributed by atoms with van der Waals surface area (Å²) in [5, 5.41) is 35.9. The second kappa shape index (κ2) is 12.3. The molecule has 42 heavy (non-hydrogen) atoms. The minimum atomic E-state index is -4.70. The van der Waals surface area contributed by atoms with Crippen LogP contribution in [0.2, 0.25) is 0 Å². The number of carbonyl (C=O) groups is 2. The molecule has 11 nitrogen and oxygen atoms in total. The van der Waals surface area contributed by atoms with E-state index in [-0.39, 0.29) is 39.3 Å². The maximum Gasteiger partial charge on any atom is 0.434 e. The average molecular weight is 606 g/mol. The quantitative estimate of drug-likeness (QED) is 0.188. The smallest absolute Gasteiger partial charge is 0.434 e. The Labute approximate surface area is 240 Å². The second-order valence-electron chi connectivity index (χ2n) is 9.18. The molecule has 0 fully saturated rings. The van der Waals surface area contributed by atoms with E-state index >= 15 is 0 Å². The first-order valence-electron chi connectivity index (χ1n) is 12.7. The Bertz CT molecular complexity index is 1700. The third-order valence-corrected chi connectivity index (χ3v) is 7.36. The van der Waals surface area contributed by atoms with Crippen LogP contribution in [0.1, 0.15) is 42.4 Å². The lowest BCUT2D eigenvalue weighted by molar-refractivity contribution is -0.140. The molecule has 0 unspecified atom stereocenters. The number of fused-ring (bicyclic) bond motifs is 1. The predicted molar refractivity (Wildman–Crippen MR) is 150 cm³/mol. The lowest BCUT2D eigenvalue weighted by Gasteiger charge is -2.25. The molecule has 0 bridgehead atoms. The Kier molecular flexibility index (Phi) is 8.94. The fraction of sp³-hybridized carbons (Fsp3) is 0.296. The number of benzene rings is 1. The number of rotatable bonds is 9. The molecular weight excluding hydrogens is 579 g/mol. The van der Waals surface area contributed by atoms with Gasteiger partial charge in [-0.3, -0.25) is 10.1 Å². The number of carboxylic acid groups (broad SMARTS) is 1. The summed E-state index contributed by atoms with van der Waals surface area (Å²) in [6.45, 7) is 3.14. The number of aliphatic hydroxyl groups excluding tert-OH is 2. The topological polar surface area (TPSA) is 167 Å². The second-order valence-corrected chi connectivity index (χ2v) is 10.0. The molecule has 0 radical (unpaired) electrons. The van der Waals surface area contributed by atoms with Crippen LogP contribution in [0, 0.1) is 0 Å². The van der Waals surface area contributed by atoms with Crippen molar-refractivity contribution in [1.82, 2.24) is 19.9 Å². The van der Waals surface area contributed by atoms with Crippen LogP contribution in [-0.2, 0) is 6.18 Å². The summed E-state index contributed by atoms with van der Waals surface area (Å²) < 4.78 is 41.4. The molecular formula is C27H26F3N5O6S. The summed E-state index contributed by atoms with van der Waals surface area (Å²) in [4.78, 5) is 45.2. The molecule has 0 saturated carbocycles. The molecule has 2 atom stereocenters. The molecule has 4 rings (SSSR count). The summed E-state index contributed by atoms with van der Waals surface area (Å²) in [7, 11) is 0. The number of urea groups is 1. The number of alkyl halides is 3. The summed E-state index contributed by atoms with van der Waals surface area (Å²) in [6, 6.07) is 4.19. The van der Waals surface area contributed by atoms with Crippen LogP contribution in [0.25, 0.3) is 32.6 Å². The number of thiazole rings is 1. The van der Waals surface area contributed by atoms with Gasteiger partial charge in [-0.25, -0.2) is 19.6 Å². The van der Waals surface area contributed by atoms with E-state index in [4.69, 9.17) is 0 Å². The number of hydrogen-bond acceptors (Lipinski definition) is 8. The molecule has 2 amide bonds. The van der Waals surface area contributed by atoms with E-state index in [1.807, 2.05) is 0 Å². The van der Waals surface area contributed by atoms with Crippen molar-refractivity contribution in [3.05, 3.63) is 63.5 Å². The van der Waals surface area contributed by atoms with E-state index in [9.17, 15) is 42.9 Å². The summed E-state index contributed by atoms with van der Waals surface area (Å²) >= 11 is 0.718. The van der Waals surface area contributed by atoms with Gasteiger partial charge in [0.2, 0.25) is 5.43 Å². The van der Waals surface area contributed by atoms with Crippen LogP contribution < -0.4 is 16.1 Å². The molecule has 1 aromatic carbocycles. The monoisotopic (exact) mass is 605 g/mol. The molecule has 0 aliphatic rings. The van der Waals surface area contributed by atoms with Crippen molar-refractivity contribution in [3.63, 3.8) is 0 Å². The Hall–Kier alpha value is -4.34. The molecule has 5 N–H and O–H groups in total. The Morgan fingerprint density at radius 1 is 1.17 bits per heavy atom. The van der Waals surface area contributed by atoms with E-state index < -0.39 is 53.6 Å². The van der Waals surface area contributed by atoms with Crippen molar-refractivity contribution in [2.45, 2.75) is 38.6 Å². The van der Waals surface area contributed by atoms with Crippen LogP contribution in [-0.4, -0.2) is 61.1 Å². The van der Waals surface area contributed by atoms with Crippen LogP contribution in [0.5, 0.6) is 0 Å². The van der Waals surface area contributed by atoms with Gasteiger partial charge in [-0.05, 0) is 37.1 Å². The van der Waals surface area contributed by atoms with Gasteiger partial charge in [-0.15, -0.1) is 11.3 Å². The molecule has 0 saturated heterocycles. The lowest BCUT2D eigenvalue weighted by Crippen LogP contribution is -2.30. The van der Waals surface area contributed by atoms with Gasteiger partial charge in [0.1, 0.15) is 16.4 Å². The Morgan fingerprint density at radius 3 is 2.50 bits per heavy atom. The fourth-order valence-electron chi connectivity index (χ4n) is 4.40. The first-order chi connectivity index (χ1) is 19.9. The Morgan fingerprint density at radius 2 is 1.90 bits per heavy atom. The van der Waals surface area contributed by atoms with Crippen LogP contribution in [0.3, 0.4) is 0 Å². The number of nitrogens with zero attached hydrogens (tertiary/aromatic N) is 3. The molecule has 3 aromatic heterocycles. The number of aromatic carboxylic acids is 1. The first kappa shape index (κ1) is 30.6. The van der Waals surface area contributed by atoms with Crippen molar-refractivity contribution in [3.8, 4) is 21.7 Å². The van der Waals surface area contributed by atoms with Crippen LogP contribution in [0.15, 0.2) is 46.8 Å². The minimum absolute atomic E-state index is 0.0270. The molecule has 3 heterocycles. The third-order valence-electron chi connectivity index (χ3n) is 6.49. The number of hydrogen-bond donors (Lipinski definition) is 5. The van der Waals surface area contributed by atoms with Crippen LogP contribution in [0.4, 0.5) is 23.8 Å². The normalized spacial score (nSPS) is 13.1. The van der Waals surface area contributed by atoms with Gasteiger partial charge in [-0.2, -0.15) is 13.2 Å². The number of carboxylic acids is 1. The van der Waals surface area contributed by atoms with Crippen molar-refractivity contribution >= 4 is 40.1 Å². The van der Waals surface area contributed by atoms with Crippen molar-refractivity contribution in [2.75, 3.05) is 18.5 Å². The van der Waals surface area contributed by atoms with Gasteiger partial charge in [0, 0.05) is 40.8 Å². The zero-order valence-electron chi connectivity index (χ0n) is 22.3. The highest BCUT2D eigenvalue weighted by Gasteiger charge is 2.34. The van der Waals surface area contributed by atoms with Crippen LogP contribution >= 0.6 is 11.3 Å². The van der Waals surface area contributed by atoms with E-state index in [0.717, 1.165) is 22.9 Å². The molecule has 0 aliphatic carbocycles. The zero-order valence-corrected chi connectivity index (χ0v) is 23.1. The lowest BCUT2D eigenvalue weighted by atomic mass is 9.98. The minimum Gasteiger partial charge on any atom is -0.477 e. The number of halogens is 3. The average Bonchev–Trinajstić information content (AvgIpc) is 3.45. The number of aromatic nitrogens is 3. The highest BCUT2D eigenvalue weighted by molar-refractivity contribution is 7.13. The van der Waals surface area contributed by atoms with Gasteiger partial charge in [0.15, 0.2) is 5.69 Å². The molecule has 0 aliphatic heterocycles. The summed E-state index contributed by atoms with van der Waals surface area (Å²) in [6.07, 6.45) is -3.16. The summed E-state index contributed by atoms with van der Waals surface area (Å²) in [5.41, 5.74) is -1.62. The van der Waals surface area contributed by atoms with Gasteiger partial charge >= 0.3 is 18.2 Å². The highest BCUT2D eigenvalue weighted by Crippen LogP contribution is 2.39. The maximum absolute atomic E-state index is 13.4. The largest absolute Gasteiger partial charge is 0.477 e. The molecule has 15 heteroatoms. The summed E-state index contributed by atoms with van der Waals surface area (Å²) in [5.74, 6) is -1.49. The first-order valence-corrected chi connectivity index (χ1v) is 13.6. The SMILES string of the molecule is CCNC(=O)Nc1cc(-c2nc(C(F)(F)F)cs2)c(-c2ccc3c(c2)c(=O)c(C(=O)O)cn3[C@@H](CO)[C@@H](O)CC)cn1. The van der Waals surface area contributed by atoms with Crippen molar-refractivity contribution < 1.29 is 38.1 Å². The number of amides is 2. The Balaban J connectivity index is 1.96. The third kappa shape index (κ3) is 6.12. The zero-order chi connectivity index (χ0) is 30.8. The van der Waals surface area contributed by atoms with Gasteiger partial charge in [-0.1, -0.05) is 13.0 Å². The fourth-order valence-corrected chi connectivity index (χ4v) is 5.25.